The normalized spacial score (nSPS) is 14.3. The van der Waals surface area contributed by atoms with Gasteiger partial charge in [-0.2, -0.15) is 0 Å². The average molecular weight is 484 g/mol. The molecule has 11 nitrogen and oxygen atoms in total. The van der Waals surface area contributed by atoms with Crippen molar-refractivity contribution in [1.82, 2.24) is 9.97 Å². The van der Waals surface area contributed by atoms with Crippen molar-refractivity contribution in [2.45, 2.75) is 13.0 Å². The van der Waals surface area contributed by atoms with Crippen LogP contribution in [-0.4, -0.2) is 59.2 Å². The molecule has 0 bridgehead atoms. The Labute approximate surface area is 198 Å². The smallest absolute Gasteiger partial charge is 0.340 e. The van der Waals surface area contributed by atoms with Crippen molar-refractivity contribution in [2.75, 3.05) is 36.5 Å². The molecule has 1 aliphatic heterocycles. The van der Waals surface area contributed by atoms with Crippen LogP contribution < -0.4 is 10.2 Å². The SMILES string of the molecule is CC(OC(=O)c1ccc(N2CCOCC2)nc1)C(=O)Nc1nc(-c2cccc([N+](=O)[O-])c2)cs1. The Kier molecular flexibility index (Phi) is 7.09. The number of nitrogens with one attached hydrogen (secondary N) is 1. The minimum Gasteiger partial charge on any atom is -0.449 e. The van der Waals surface area contributed by atoms with E-state index in [9.17, 15) is 19.7 Å². The molecule has 1 aliphatic rings. The molecule has 2 aromatic heterocycles. The molecule has 1 unspecified atom stereocenters. The predicted octanol–water partition coefficient (Wildman–Crippen LogP) is 3.13. The minimum atomic E-state index is -1.07. The molecule has 34 heavy (non-hydrogen) atoms. The highest BCUT2D eigenvalue weighted by Gasteiger charge is 2.21. The summed E-state index contributed by atoms with van der Waals surface area (Å²) in [5.74, 6) is -0.472. The van der Waals surface area contributed by atoms with Crippen LogP contribution in [0.3, 0.4) is 0 Å². The Morgan fingerprint density at radius 1 is 1.26 bits per heavy atom. The number of non-ortho nitro benzene ring substituents is 1. The van der Waals surface area contributed by atoms with E-state index in [1.165, 1.54) is 25.3 Å². The summed E-state index contributed by atoms with van der Waals surface area (Å²) in [4.78, 5) is 46.1. The molecular formula is C22H21N5O6S. The van der Waals surface area contributed by atoms with Crippen molar-refractivity contribution in [3.05, 3.63) is 63.7 Å². The van der Waals surface area contributed by atoms with Gasteiger partial charge in [-0.25, -0.2) is 14.8 Å². The first kappa shape index (κ1) is 23.3. The zero-order valence-electron chi connectivity index (χ0n) is 18.2. The summed E-state index contributed by atoms with van der Waals surface area (Å²) in [6, 6.07) is 9.39. The number of aromatic nitrogens is 2. The van der Waals surface area contributed by atoms with Gasteiger partial charge in [0, 0.05) is 42.4 Å². The van der Waals surface area contributed by atoms with Crippen LogP contribution in [-0.2, 0) is 14.3 Å². The zero-order chi connectivity index (χ0) is 24.1. The highest BCUT2D eigenvalue weighted by atomic mass is 32.1. The molecule has 4 rings (SSSR count). The monoisotopic (exact) mass is 483 g/mol. The quantitative estimate of drug-likeness (QED) is 0.305. The van der Waals surface area contributed by atoms with Gasteiger partial charge in [-0.15, -0.1) is 11.3 Å². The Hall–Kier alpha value is -3.90. The van der Waals surface area contributed by atoms with Gasteiger partial charge >= 0.3 is 5.97 Å². The number of ether oxygens (including phenoxy) is 2. The van der Waals surface area contributed by atoms with Crippen LogP contribution in [0.15, 0.2) is 48.0 Å². The average Bonchev–Trinajstić information content (AvgIpc) is 3.33. The standard InChI is InChI=1S/C22H21N5O6S/c1-14(33-21(29)16-5-6-19(23-12-16)26-7-9-32-10-8-26)20(28)25-22-24-18(13-34-22)15-3-2-4-17(11-15)27(30)31/h2-6,11-14H,7-10H2,1H3,(H,24,25,28). The fourth-order valence-electron chi connectivity index (χ4n) is 3.22. The fraction of sp³-hybridized carbons (Fsp3) is 0.273. The number of carbonyl (C=O) groups excluding carboxylic acids is 2. The molecule has 3 aromatic rings. The molecule has 3 heterocycles. The van der Waals surface area contributed by atoms with Crippen LogP contribution >= 0.6 is 11.3 Å². The van der Waals surface area contributed by atoms with E-state index < -0.39 is 22.9 Å². The third kappa shape index (κ3) is 5.53. The number of hydrogen-bond acceptors (Lipinski definition) is 10. The van der Waals surface area contributed by atoms with E-state index in [-0.39, 0.29) is 16.4 Å². The Bertz CT molecular complexity index is 1190. The van der Waals surface area contributed by atoms with Gasteiger partial charge in [0.15, 0.2) is 11.2 Å². The number of nitrogens with zero attached hydrogens (tertiary/aromatic N) is 4. The molecule has 1 fully saturated rings. The number of esters is 1. The van der Waals surface area contributed by atoms with Gasteiger partial charge in [0.05, 0.1) is 29.4 Å². The number of morpholine rings is 1. The maximum absolute atomic E-state index is 12.5. The van der Waals surface area contributed by atoms with Crippen LogP contribution in [0.2, 0.25) is 0 Å². The molecule has 1 amide bonds. The summed E-state index contributed by atoms with van der Waals surface area (Å²) < 4.78 is 10.6. The van der Waals surface area contributed by atoms with Crippen molar-refractivity contribution >= 4 is 39.9 Å². The molecule has 176 valence electrons. The number of nitro benzene ring substituents is 1. The van der Waals surface area contributed by atoms with Gasteiger partial charge in [0.25, 0.3) is 11.6 Å². The molecule has 1 N–H and O–H groups in total. The van der Waals surface area contributed by atoms with Crippen LogP contribution in [0, 0.1) is 10.1 Å². The van der Waals surface area contributed by atoms with Gasteiger partial charge in [-0.05, 0) is 19.1 Å². The number of benzene rings is 1. The molecule has 0 aliphatic carbocycles. The molecular weight excluding hydrogens is 462 g/mol. The second kappa shape index (κ2) is 10.4. The van der Waals surface area contributed by atoms with Crippen molar-refractivity contribution in [3.63, 3.8) is 0 Å². The highest BCUT2D eigenvalue weighted by molar-refractivity contribution is 7.14. The number of pyridine rings is 1. The maximum atomic E-state index is 12.5. The van der Waals surface area contributed by atoms with E-state index in [0.717, 1.165) is 30.2 Å². The van der Waals surface area contributed by atoms with Gasteiger partial charge in [0.2, 0.25) is 0 Å². The van der Waals surface area contributed by atoms with E-state index in [0.29, 0.717) is 24.5 Å². The Morgan fingerprint density at radius 2 is 2.06 bits per heavy atom. The molecule has 0 spiro atoms. The van der Waals surface area contributed by atoms with Crippen LogP contribution in [0.4, 0.5) is 16.6 Å². The molecule has 12 heteroatoms. The summed E-state index contributed by atoms with van der Waals surface area (Å²) in [6.07, 6.45) is 0.348. The van der Waals surface area contributed by atoms with Crippen molar-refractivity contribution in [1.29, 1.82) is 0 Å². The number of carbonyl (C=O) groups is 2. The van der Waals surface area contributed by atoms with Crippen LogP contribution in [0.5, 0.6) is 0 Å². The first-order valence-corrected chi connectivity index (χ1v) is 11.3. The summed E-state index contributed by atoms with van der Waals surface area (Å²) in [7, 11) is 0. The molecule has 0 saturated carbocycles. The maximum Gasteiger partial charge on any atom is 0.340 e. The van der Waals surface area contributed by atoms with E-state index in [1.807, 2.05) is 0 Å². The summed E-state index contributed by atoms with van der Waals surface area (Å²) >= 11 is 1.16. The van der Waals surface area contributed by atoms with Crippen LogP contribution in [0.1, 0.15) is 17.3 Å². The predicted molar refractivity (Wildman–Crippen MR) is 125 cm³/mol. The second-order valence-electron chi connectivity index (χ2n) is 7.39. The number of amides is 1. The van der Waals surface area contributed by atoms with E-state index in [4.69, 9.17) is 9.47 Å². The van der Waals surface area contributed by atoms with Gasteiger partial charge in [-0.3, -0.25) is 20.2 Å². The van der Waals surface area contributed by atoms with Crippen LogP contribution in [0.25, 0.3) is 11.3 Å². The number of thiazole rings is 1. The first-order valence-electron chi connectivity index (χ1n) is 10.4. The van der Waals surface area contributed by atoms with E-state index >= 15 is 0 Å². The first-order chi connectivity index (χ1) is 16.4. The van der Waals surface area contributed by atoms with Gasteiger partial charge in [0.1, 0.15) is 5.82 Å². The van der Waals surface area contributed by atoms with Crippen molar-refractivity contribution in [3.8, 4) is 11.3 Å². The Balaban J connectivity index is 1.34. The fourth-order valence-corrected chi connectivity index (χ4v) is 3.94. The summed E-state index contributed by atoms with van der Waals surface area (Å²) in [5.41, 5.74) is 1.22. The molecule has 1 aromatic carbocycles. The summed E-state index contributed by atoms with van der Waals surface area (Å²) in [5, 5.41) is 15.5. The number of rotatable bonds is 7. The minimum absolute atomic E-state index is 0.0518. The molecule has 0 radical (unpaired) electrons. The summed E-state index contributed by atoms with van der Waals surface area (Å²) in [6.45, 7) is 4.17. The second-order valence-corrected chi connectivity index (χ2v) is 8.24. The lowest BCUT2D eigenvalue weighted by atomic mass is 10.1. The van der Waals surface area contributed by atoms with Gasteiger partial charge in [-0.1, -0.05) is 12.1 Å². The van der Waals surface area contributed by atoms with Crippen molar-refractivity contribution < 1.29 is 24.0 Å². The third-order valence-corrected chi connectivity index (χ3v) is 5.82. The lowest BCUT2D eigenvalue weighted by molar-refractivity contribution is -0.384. The molecule has 1 saturated heterocycles. The number of nitro groups is 1. The highest BCUT2D eigenvalue weighted by Crippen LogP contribution is 2.27. The lowest BCUT2D eigenvalue weighted by Gasteiger charge is -2.27. The number of anilines is 2. The Morgan fingerprint density at radius 3 is 2.76 bits per heavy atom. The van der Waals surface area contributed by atoms with Gasteiger partial charge < -0.3 is 14.4 Å². The molecule has 1 atom stereocenters. The van der Waals surface area contributed by atoms with E-state index in [2.05, 4.69) is 20.2 Å². The topological polar surface area (TPSA) is 137 Å². The third-order valence-electron chi connectivity index (χ3n) is 5.06. The van der Waals surface area contributed by atoms with E-state index in [1.54, 1.807) is 29.6 Å². The largest absolute Gasteiger partial charge is 0.449 e. The zero-order valence-corrected chi connectivity index (χ0v) is 19.0. The lowest BCUT2D eigenvalue weighted by Crippen LogP contribution is -2.36. The number of hydrogen-bond donors (Lipinski definition) is 1. The van der Waals surface area contributed by atoms with Crippen molar-refractivity contribution in [2.24, 2.45) is 0 Å².